The summed E-state index contributed by atoms with van der Waals surface area (Å²) in [5.41, 5.74) is 1.23. The number of rotatable bonds is 10. The Morgan fingerprint density at radius 1 is 1.14 bits per heavy atom. The first-order valence-electron chi connectivity index (χ1n) is 8.23. The van der Waals surface area contributed by atoms with Gasteiger partial charge in [-0.05, 0) is 52.4 Å². The molecule has 1 aromatic rings. The zero-order chi connectivity index (χ0) is 15.7. The summed E-state index contributed by atoms with van der Waals surface area (Å²) in [6.45, 7) is 12.4. The van der Waals surface area contributed by atoms with Crippen LogP contribution in [0.2, 0.25) is 0 Å². The first-order valence-corrected chi connectivity index (χ1v) is 8.23. The molecule has 0 bridgehead atoms. The minimum absolute atomic E-state index is 0.310. The molecule has 0 spiro atoms. The van der Waals surface area contributed by atoms with Gasteiger partial charge in [-0.1, -0.05) is 32.0 Å². The Morgan fingerprint density at radius 2 is 1.81 bits per heavy atom. The summed E-state index contributed by atoms with van der Waals surface area (Å²) in [4.78, 5) is 2.48. The lowest BCUT2D eigenvalue weighted by Gasteiger charge is -2.23. The van der Waals surface area contributed by atoms with Gasteiger partial charge in [0.25, 0.3) is 0 Å². The molecule has 0 aliphatic heterocycles. The summed E-state index contributed by atoms with van der Waals surface area (Å²) in [6.07, 6.45) is 2.45. The number of methoxy groups -OCH3 is 1. The van der Waals surface area contributed by atoms with Gasteiger partial charge in [0.15, 0.2) is 0 Å². The van der Waals surface area contributed by atoms with E-state index in [0.717, 1.165) is 18.8 Å². The van der Waals surface area contributed by atoms with Crippen LogP contribution in [0.1, 0.15) is 52.1 Å². The molecule has 2 unspecified atom stereocenters. The van der Waals surface area contributed by atoms with Crippen molar-refractivity contribution in [2.45, 2.75) is 52.6 Å². The highest BCUT2D eigenvalue weighted by Crippen LogP contribution is 2.24. The molecule has 1 aromatic carbocycles. The Bertz CT molecular complexity index is 391. The summed E-state index contributed by atoms with van der Waals surface area (Å²) >= 11 is 0. The van der Waals surface area contributed by atoms with Crippen LogP contribution in [-0.4, -0.2) is 37.7 Å². The van der Waals surface area contributed by atoms with Gasteiger partial charge in [0.05, 0.1) is 7.11 Å². The molecule has 0 amide bonds. The predicted molar refractivity (Wildman–Crippen MR) is 91.0 cm³/mol. The van der Waals surface area contributed by atoms with Crippen LogP contribution in [0.4, 0.5) is 0 Å². The number of hydrogen-bond donors (Lipinski definition) is 1. The van der Waals surface area contributed by atoms with Crippen molar-refractivity contribution in [3.63, 3.8) is 0 Å². The zero-order valence-electron chi connectivity index (χ0n) is 14.4. The molecule has 0 heterocycles. The van der Waals surface area contributed by atoms with E-state index in [-0.39, 0.29) is 0 Å². The van der Waals surface area contributed by atoms with Crippen molar-refractivity contribution in [2.24, 2.45) is 0 Å². The van der Waals surface area contributed by atoms with E-state index in [2.05, 4.69) is 50.0 Å². The van der Waals surface area contributed by atoms with E-state index < -0.39 is 0 Å². The van der Waals surface area contributed by atoms with Crippen molar-refractivity contribution in [1.82, 2.24) is 10.2 Å². The lowest BCUT2D eigenvalue weighted by Crippen LogP contribution is -2.31. The number of hydrogen-bond acceptors (Lipinski definition) is 3. The largest absolute Gasteiger partial charge is 0.496 e. The molecule has 0 aliphatic carbocycles. The maximum Gasteiger partial charge on any atom is 0.123 e. The lowest BCUT2D eigenvalue weighted by molar-refractivity contribution is 0.288. The predicted octanol–water partition coefficient (Wildman–Crippen LogP) is 3.86. The van der Waals surface area contributed by atoms with Gasteiger partial charge in [0, 0.05) is 17.6 Å². The van der Waals surface area contributed by atoms with Crippen LogP contribution in [0.15, 0.2) is 24.3 Å². The minimum Gasteiger partial charge on any atom is -0.496 e. The maximum atomic E-state index is 5.44. The monoisotopic (exact) mass is 292 g/mol. The van der Waals surface area contributed by atoms with Gasteiger partial charge in [-0.2, -0.15) is 0 Å². The van der Waals surface area contributed by atoms with E-state index in [1.807, 2.05) is 12.1 Å². The standard InChI is InChI=1S/C18H32N2O/c1-6-20(7-2)14-10-11-15(3)19-16(4)17-12-8-9-13-18(17)21-5/h8-9,12-13,15-16,19H,6-7,10-11,14H2,1-5H3. The fourth-order valence-corrected chi connectivity index (χ4v) is 2.78. The Kier molecular flexibility index (Phi) is 8.40. The summed E-state index contributed by atoms with van der Waals surface area (Å²) in [6, 6.07) is 9.08. The fourth-order valence-electron chi connectivity index (χ4n) is 2.78. The molecule has 3 heteroatoms. The number of benzene rings is 1. The molecule has 0 radical (unpaired) electrons. The summed E-state index contributed by atoms with van der Waals surface area (Å²) in [5.74, 6) is 0.966. The molecule has 0 saturated heterocycles. The molecule has 0 aliphatic rings. The van der Waals surface area contributed by atoms with Gasteiger partial charge in [0.2, 0.25) is 0 Å². The highest BCUT2D eigenvalue weighted by atomic mass is 16.5. The third kappa shape index (κ3) is 6.06. The molecule has 2 atom stereocenters. The summed E-state index contributed by atoms with van der Waals surface area (Å²) < 4.78 is 5.44. The number of ether oxygens (including phenoxy) is 1. The number of para-hydroxylation sites is 1. The van der Waals surface area contributed by atoms with Crippen molar-refractivity contribution < 1.29 is 4.74 Å². The van der Waals surface area contributed by atoms with Crippen molar-refractivity contribution in [3.05, 3.63) is 29.8 Å². The molecule has 1 rings (SSSR count). The summed E-state index contributed by atoms with van der Waals surface area (Å²) in [7, 11) is 1.74. The molecular formula is C18H32N2O. The Balaban J connectivity index is 2.41. The first kappa shape index (κ1) is 18.0. The fraction of sp³-hybridized carbons (Fsp3) is 0.667. The quantitative estimate of drug-likeness (QED) is 0.709. The average Bonchev–Trinajstić information content (AvgIpc) is 2.51. The van der Waals surface area contributed by atoms with Crippen LogP contribution in [-0.2, 0) is 0 Å². The minimum atomic E-state index is 0.310. The smallest absolute Gasteiger partial charge is 0.123 e. The molecule has 120 valence electrons. The van der Waals surface area contributed by atoms with E-state index in [0.29, 0.717) is 12.1 Å². The van der Waals surface area contributed by atoms with Gasteiger partial charge in [-0.25, -0.2) is 0 Å². The zero-order valence-corrected chi connectivity index (χ0v) is 14.4. The topological polar surface area (TPSA) is 24.5 Å². The summed E-state index contributed by atoms with van der Waals surface area (Å²) in [5, 5.41) is 3.68. The Labute approximate surface area is 130 Å². The van der Waals surface area contributed by atoms with Crippen LogP contribution in [0.25, 0.3) is 0 Å². The van der Waals surface area contributed by atoms with Crippen LogP contribution in [0.3, 0.4) is 0 Å². The van der Waals surface area contributed by atoms with E-state index >= 15 is 0 Å². The van der Waals surface area contributed by atoms with Gasteiger partial charge in [-0.15, -0.1) is 0 Å². The maximum absolute atomic E-state index is 5.44. The second kappa shape index (κ2) is 9.80. The first-order chi connectivity index (χ1) is 10.1. The average molecular weight is 292 g/mol. The number of nitrogens with one attached hydrogen (secondary N) is 1. The Hall–Kier alpha value is -1.06. The molecule has 3 nitrogen and oxygen atoms in total. The lowest BCUT2D eigenvalue weighted by atomic mass is 10.0. The van der Waals surface area contributed by atoms with E-state index in [4.69, 9.17) is 4.74 Å². The van der Waals surface area contributed by atoms with Crippen molar-refractivity contribution in [1.29, 1.82) is 0 Å². The third-order valence-electron chi connectivity index (χ3n) is 4.15. The van der Waals surface area contributed by atoms with Gasteiger partial charge in [0.1, 0.15) is 5.75 Å². The van der Waals surface area contributed by atoms with Gasteiger partial charge in [-0.3, -0.25) is 0 Å². The van der Waals surface area contributed by atoms with Crippen molar-refractivity contribution in [2.75, 3.05) is 26.7 Å². The molecule has 21 heavy (non-hydrogen) atoms. The second-order valence-electron chi connectivity index (χ2n) is 5.70. The Morgan fingerprint density at radius 3 is 2.43 bits per heavy atom. The van der Waals surface area contributed by atoms with Gasteiger partial charge >= 0.3 is 0 Å². The molecular weight excluding hydrogens is 260 g/mol. The molecule has 0 aromatic heterocycles. The van der Waals surface area contributed by atoms with Crippen LogP contribution in [0.5, 0.6) is 5.75 Å². The van der Waals surface area contributed by atoms with E-state index in [1.165, 1.54) is 24.9 Å². The van der Waals surface area contributed by atoms with Crippen molar-refractivity contribution in [3.8, 4) is 5.75 Å². The highest BCUT2D eigenvalue weighted by Gasteiger charge is 2.13. The van der Waals surface area contributed by atoms with Crippen LogP contribution < -0.4 is 10.1 Å². The molecule has 0 saturated carbocycles. The van der Waals surface area contributed by atoms with Gasteiger partial charge < -0.3 is 15.0 Å². The SMILES string of the molecule is CCN(CC)CCCC(C)NC(C)c1ccccc1OC. The van der Waals surface area contributed by atoms with E-state index in [1.54, 1.807) is 7.11 Å². The highest BCUT2D eigenvalue weighted by molar-refractivity contribution is 5.35. The third-order valence-corrected chi connectivity index (χ3v) is 4.15. The number of nitrogens with zero attached hydrogens (tertiary/aromatic N) is 1. The second-order valence-corrected chi connectivity index (χ2v) is 5.70. The molecule has 1 N–H and O–H groups in total. The van der Waals surface area contributed by atoms with Crippen LogP contribution >= 0.6 is 0 Å². The normalized spacial score (nSPS) is 14.2. The van der Waals surface area contributed by atoms with Crippen LogP contribution in [0, 0.1) is 0 Å². The molecule has 0 fully saturated rings. The van der Waals surface area contributed by atoms with Crippen molar-refractivity contribution >= 4 is 0 Å². The van der Waals surface area contributed by atoms with E-state index in [9.17, 15) is 0 Å².